The zero-order valence-electron chi connectivity index (χ0n) is 11.8. The van der Waals surface area contributed by atoms with Crippen LogP contribution in [-0.4, -0.2) is 13.1 Å². The van der Waals surface area contributed by atoms with Crippen molar-refractivity contribution in [3.05, 3.63) is 41.5 Å². The number of hydrogen-bond donors (Lipinski definition) is 0. The van der Waals surface area contributed by atoms with Gasteiger partial charge in [0.15, 0.2) is 0 Å². The van der Waals surface area contributed by atoms with Crippen LogP contribution in [-0.2, 0) is 9.53 Å². The smallest absolute Gasteiger partial charge is 0.334 e. The van der Waals surface area contributed by atoms with E-state index in [-0.39, 0.29) is 5.97 Å². The van der Waals surface area contributed by atoms with Gasteiger partial charge in [0.05, 0.1) is 7.11 Å². The van der Waals surface area contributed by atoms with Crippen LogP contribution in [0.2, 0.25) is 0 Å². The third-order valence-corrected chi connectivity index (χ3v) is 4.03. The summed E-state index contributed by atoms with van der Waals surface area (Å²) in [7, 11) is 1.48. The van der Waals surface area contributed by atoms with E-state index in [0.717, 1.165) is 29.6 Å². The summed E-state index contributed by atoms with van der Waals surface area (Å²) in [5, 5.41) is 0. The van der Waals surface area contributed by atoms with Gasteiger partial charge in [-0.05, 0) is 36.8 Å². The fourth-order valence-corrected chi connectivity index (χ4v) is 2.97. The number of allylic oxidation sites excluding steroid dienone is 1. The highest BCUT2D eigenvalue weighted by Gasteiger charge is 2.26. The lowest BCUT2D eigenvalue weighted by Gasteiger charge is -2.25. The van der Waals surface area contributed by atoms with Crippen LogP contribution < -0.4 is 0 Å². The van der Waals surface area contributed by atoms with Crippen molar-refractivity contribution in [3.63, 3.8) is 0 Å². The van der Waals surface area contributed by atoms with Crippen LogP contribution in [0, 0.1) is 5.92 Å². The molecule has 0 N–H and O–H groups in total. The van der Waals surface area contributed by atoms with Crippen LogP contribution in [0.25, 0.3) is 5.57 Å². The Kier molecular flexibility index (Phi) is 4.78. The lowest BCUT2D eigenvalue weighted by Crippen LogP contribution is -2.18. The molecule has 2 nitrogen and oxygen atoms in total. The molecule has 0 bridgehead atoms. The minimum absolute atomic E-state index is 0.159. The maximum atomic E-state index is 12.1. The van der Waals surface area contributed by atoms with E-state index in [1.807, 2.05) is 25.1 Å². The normalized spacial score (nSPS) is 17.8. The molecule has 102 valence electrons. The highest BCUT2D eigenvalue weighted by Crippen LogP contribution is 2.34. The maximum Gasteiger partial charge on any atom is 0.334 e. The van der Waals surface area contributed by atoms with Gasteiger partial charge in [-0.15, -0.1) is 0 Å². The van der Waals surface area contributed by atoms with Crippen LogP contribution in [0.1, 0.15) is 44.6 Å². The van der Waals surface area contributed by atoms with Crippen LogP contribution in [0.15, 0.2) is 35.9 Å². The monoisotopic (exact) mass is 258 g/mol. The molecule has 1 aliphatic rings. The highest BCUT2D eigenvalue weighted by molar-refractivity contribution is 5.97. The molecule has 1 fully saturated rings. The third kappa shape index (κ3) is 3.25. The Hall–Kier alpha value is -1.57. The first-order chi connectivity index (χ1) is 9.24. The number of esters is 1. The fraction of sp³-hybridized carbons (Fsp3) is 0.471. The van der Waals surface area contributed by atoms with Crippen molar-refractivity contribution in [1.29, 1.82) is 0 Å². The predicted octanol–water partition coefficient (Wildman–Crippen LogP) is 4.21. The number of ether oxygens (including phenoxy) is 1. The van der Waals surface area contributed by atoms with E-state index in [9.17, 15) is 4.79 Å². The molecule has 1 aromatic carbocycles. The first-order valence-corrected chi connectivity index (χ1v) is 7.08. The maximum absolute atomic E-state index is 12.1. The Balaban J connectivity index is 2.38. The SMILES string of the molecule is COC(=O)/C(=C(\C)c1ccccc1)C1CCCCC1. The summed E-state index contributed by atoms with van der Waals surface area (Å²) in [5.41, 5.74) is 3.07. The van der Waals surface area contributed by atoms with E-state index in [1.165, 1.54) is 26.4 Å². The van der Waals surface area contributed by atoms with Crippen molar-refractivity contribution < 1.29 is 9.53 Å². The molecule has 2 heteroatoms. The van der Waals surface area contributed by atoms with Gasteiger partial charge in [0, 0.05) is 5.57 Å². The number of hydrogen-bond acceptors (Lipinski definition) is 2. The topological polar surface area (TPSA) is 26.3 Å². The van der Waals surface area contributed by atoms with Gasteiger partial charge in [-0.2, -0.15) is 0 Å². The lowest BCUT2D eigenvalue weighted by molar-refractivity contribution is -0.136. The summed E-state index contributed by atoms with van der Waals surface area (Å²) in [4.78, 5) is 12.1. The van der Waals surface area contributed by atoms with E-state index in [2.05, 4.69) is 12.1 Å². The molecule has 0 aromatic heterocycles. The number of rotatable bonds is 3. The summed E-state index contributed by atoms with van der Waals surface area (Å²) in [5.74, 6) is 0.203. The molecule has 2 rings (SSSR count). The molecule has 19 heavy (non-hydrogen) atoms. The van der Waals surface area contributed by atoms with E-state index in [4.69, 9.17) is 4.74 Å². The molecular weight excluding hydrogens is 236 g/mol. The largest absolute Gasteiger partial charge is 0.466 e. The summed E-state index contributed by atoms with van der Waals surface area (Å²) >= 11 is 0. The molecular formula is C17H22O2. The molecule has 1 aromatic rings. The summed E-state index contributed by atoms with van der Waals surface area (Å²) in [6.45, 7) is 2.04. The van der Waals surface area contributed by atoms with Crippen molar-refractivity contribution in [2.24, 2.45) is 5.92 Å². The van der Waals surface area contributed by atoms with Gasteiger partial charge in [-0.3, -0.25) is 0 Å². The Morgan fingerprint density at radius 1 is 1.11 bits per heavy atom. The first kappa shape index (κ1) is 13.9. The molecule has 0 atom stereocenters. The molecule has 1 aliphatic carbocycles. The molecule has 1 saturated carbocycles. The minimum Gasteiger partial charge on any atom is -0.466 e. The fourth-order valence-electron chi connectivity index (χ4n) is 2.97. The summed E-state index contributed by atoms with van der Waals surface area (Å²) < 4.78 is 5.01. The predicted molar refractivity (Wildman–Crippen MR) is 77.6 cm³/mol. The van der Waals surface area contributed by atoms with Crippen LogP contribution >= 0.6 is 0 Å². The van der Waals surface area contributed by atoms with E-state index >= 15 is 0 Å². The summed E-state index contributed by atoms with van der Waals surface area (Å²) in [6.07, 6.45) is 5.93. The third-order valence-electron chi connectivity index (χ3n) is 4.03. The Bertz CT molecular complexity index is 453. The standard InChI is InChI=1S/C17H22O2/c1-13(14-9-5-3-6-10-14)16(17(18)19-2)15-11-7-4-8-12-15/h3,5-6,9-10,15H,4,7-8,11-12H2,1-2H3/b16-13+. The van der Waals surface area contributed by atoms with E-state index in [0.29, 0.717) is 5.92 Å². The van der Waals surface area contributed by atoms with Gasteiger partial charge in [-0.1, -0.05) is 49.6 Å². The van der Waals surface area contributed by atoms with Crippen molar-refractivity contribution in [1.82, 2.24) is 0 Å². The minimum atomic E-state index is -0.159. The summed E-state index contributed by atoms with van der Waals surface area (Å²) in [6, 6.07) is 10.1. The van der Waals surface area contributed by atoms with Gasteiger partial charge in [-0.25, -0.2) is 4.79 Å². The second-order valence-corrected chi connectivity index (χ2v) is 5.23. The van der Waals surface area contributed by atoms with Crippen LogP contribution in [0.3, 0.4) is 0 Å². The molecule has 0 saturated heterocycles. The van der Waals surface area contributed by atoms with Crippen molar-refractivity contribution >= 4 is 11.5 Å². The van der Waals surface area contributed by atoms with Crippen molar-refractivity contribution in [3.8, 4) is 0 Å². The van der Waals surface area contributed by atoms with Crippen molar-refractivity contribution in [2.75, 3.05) is 7.11 Å². The molecule has 0 radical (unpaired) electrons. The quantitative estimate of drug-likeness (QED) is 0.599. The number of carbonyl (C=O) groups excluding carboxylic acids is 1. The van der Waals surface area contributed by atoms with Crippen LogP contribution in [0.5, 0.6) is 0 Å². The Morgan fingerprint density at radius 3 is 2.32 bits per heavy atom. The zero-order chi connectivity index (χ0) is 13.7. The second kappa shape index (κ2) is 6.55. The average Bonchev–Trinajstić information content (AvgIpc) is 2.49. The molecule has 0 unspecified atom stereocenters. The average molecular weight is 258 g/mol. The van der Waals surface area contributed by atoms with Gasteiger partial charge in [0.2, 0.25) is 0 Å². The van der Waals surface area contributed by atoms with Gasteiger partial charge in [0.1, 0.15) is 0 Å². The van der Waals surface area contributed by atoms with E-state index < -0.39 is 0 Å². The van der Waals surface area contributed by atoms with Crippen molar-refractivity contribution in [2.45, 2.75) is 39.0 Å². The van der Waals surface area contributed by atoms with Gasteiger partial charge >= 0.3 is 5.97 Å². The molecule has 0 spiro atoms. The van der Waals surface area contributed by atoms with Gasteiger partial charge in [0.25, 0.3) is 0 Å². The molecule has 0 amide bonds. The van der Waals surface area contributed by atoms with Crippen LogP contribution in [0.4, 0.5) is 0 Å². The second-order valence-electron chi connectivity index (χ2n) is 5.23. The zero-order valence-corrected chi connectivity index (χ0v) is 11.8. The number of benzene rings is 1. The Morgan fingerprint density at radius 2 is 1.74 bits per heavy atom. The molecule has 0 heterocycles. The lowest BCUT2D eigenvalue weighted by atomic mass is 9.81. The molecule has 0 aliphatic heterocycles. The number of carbonyl (C=O) groups is 1. The number of methoxy groups -OCH3 is 1. The van der Waals surface area contributed by atoms with E-state index in [1.54, 1.807) is 0 Å². The van der Waals surface area contributed by atoms with Gasteiger partial charge < -0.3 is 4.74 Å². The first-order valence-electron chi connectivity index (χ1n) is 7.08. The Labute approximate surface area is 115 Å². The highest BCUT2D eigenvalue weighted by atomic mass is 16.5.